The molecule has 0 unspecified atom stereocenters. The number of carbonyl (C=O) groups excluding carboxylic acids is 1. The molecule has 0 atom stereocenters. The first kappa shape index (κ1) is 19.4. The van der Waals surface area contributed by atoms with E-state index in [-0.39, 0.29) is 23.9 Å². The number of hydrogen-bond acceptors (Lipinski definition) is 3. The molecule has 0 aromatic heterocycles. The lowest BCUT2D eigenvalue weighted by Crippen LogP contribution is -2.37. The van der Waals surface area contributed by atoms with E-state index in [1.54, 1.807) is 43.3 Å². The highest BCUT2D eigenvalue weighted by Gasteiger charge is 2.19. The summed E-state index contributed by atoms with van der Waals surface area (Å²) in [6.07, 6.45) is 0. The number of rotatable bonds is 6. The summed E-state index contributed by atoms with van der Waals surface area (Å²) in [6, 6.07) is 12.2. The van der Waals surface area contributed by atoms with Crippen LogP contribution in [-0.2, 0) is 14.8 Å². The summed E-state index contributed by atoms with van der Waals surface area (Å²) in [5.41, 5.74) is 2.10. The number of nitrogens with zero attached hydrogens (tertiary/aromatic N) is 1. The predicted octanol–water partition coefficient (Wildman–Crippen LogP) is 3.29. The van der Waals surface area contributed by atoms with Crippen molar-refractivity contribution in [3.05, 3.63) is 58.6 Å². The van der Waals surface area contributed by atoms with E-state index in [0.717, 1.165) is 5.56 Å². The van der Waals surface area contributed by atoms with Crippen LogP contribution in [0.3, 0.4) is 0 Å². The molecule has 0 spiro atoms. The van der Waals surface area contributed by atoms with Gasteiger partial charge in [-0.3, -0.25) is 4.79 Å². The van der Waals surface area contributed by atoms with Gasteiger partial charge in [-0.05, 0) is 43.2 Å². The first-order valence-electron chi connectivity index (χ1n) is 7.82. The van der Waals surface area contributed by atoms with Gasteiger partial charge in [0.15, 0.2) is 0 Å². The number of aryl methyl sites for hydroxylation is 2. The van der Waals surface area contributed by atoms with Crippen LogP contribution in [0.2, 0.25) is 5.02 Å². The summed E-state index contributed by atoms with van der Waals surface area (Å²) in [7, 11) is -3.65. The fourth-order valence-electron chi connectivity index (χ4n) is 2.48. The second-order valence-electron chi connectivity index (χ2n) is 5.79. The Balaban J connectivity index is 2.13. The molecule has 5 nitrogen and oxygen atoms in total. The summed E-state index contributed by atoms with van der Waals surface area (Å²) in [5.74, 6) is -0.209. The highest BCUT2D eigenvalue weighted by atomic mass is 35.5. The Labute approximate surface area is 153 Å². The maximum Gasteiger partial charge on any atom is 0.240 e. The molecule has 25 heavy (non-hydrogen) atoms. The first-order valence-corrected chi connectivity index (χ1v) is 9.68. The van der Waals surface area contributed by atoms with Gasteiger partial charge in [-0.1, -0.05) is 35.9 Å². The van der Waals surface area contributed by atoms with Crippen LogP contribution in [0.25, 0.3) is 0 Å². The van der Waals surface area contributed by atoms with Gasteiger partial charge in [-0.15, -0.1) is 0 Å². The van der Waals surface area contributed by atoms with Crippen LogP contribution in [0, 0.1) is 13.8 Å². The molecule has 2 rings (SSSR count). The molecule has 0 aliphatic carbocycles. The maximum absolute atomic E-state index is 12.5. The van der Waals surface area contributed by atoms with Crippen molar-refractivity contribution in [2.24, 2.45) is 0 Å². The van der Waals surface area contributed by atoms with Crippen LogP contribution >= 0.6 is 11.6 Å². The molecule has 1 N–H and O–H groups in total. The molecule has 0 heterocycles. The smallest absolute Gasteiger partial charge is 0.240 e. The van der Waals surface area contributed by atoms with Crippen molar-refractivity contribution in [3.8, 4) is 0 Å². The lowest BCUT2D eigenvalue weighted by Gasteiger charge is -2.22. The van der Waals surface area contributed by atoms with Crippen LogP contribution in [0.4, 0.5) is 5.69 Å². The molecule has 134 valence electrons. The van der Waals surface area contributed by atoms with E-state index in [4.69, 9.17) is 11.6 Å². The number of carbonyl (C=O) groups is 1. The van der Waals surface area contributed by atoms with E-state index in [1.165, 1.54) is 11.8 Å². The first-order chi connectivity index (χ1) is 11.7. The monoisotopic (exact) mass is 380 g/mol. The van der Waals surface area contributed by atoms with Crippen LogP contribution < -0.4 is 9.62 Å². The minimum absolute atomic E-state index is 0.0838. The van der Waals surface area contributed by atoms with Crippen LogP contribution in [0.5, 0.6) is 0 Å². The number of hydrogen-bond donors (Lipinski definition) is 1. The minimum Gasteiger partial charge on any atom is -0.310 e. The third-order valence-corrected chi connectivity index (χ3v) is 5.71. The van der Waals surface area contributed by atoms with Gasteiger partial charge in [0.05, 0.1) is 15.6 Å². The van der Waals surface area contributed by atoms with Crippen molar-refractivity contribution in [2.45, 2.75) is 25.7 Å². The summed E-state index contributed by atoms with van der Waals surface area (Å²) in [4.78, 5) is 13.6. The molecule has 0 aliphatic rings. The topological polar surface area (TPSA) is 66.5 Å². The largest absolute Gasteiger partial charge is 0.310 e. The number of halogens is 1. The molecule has 7 heteroatoms. The molecule has 2 aromatic carbocycles. The predicted molar refractivity (Wildman–Crippen MR) is 101 cm³/mol. The summed E-state index contributed by atoms with van der Waals surface area (Å²) in [5, 5.41) is 0.440. The lowest BCUT2D eigenvalue weighted by atomic mass is 10.2. The zero-order valence-corrected chi connectivity index (χ0v) is 16.0. The highest BCUT2D eigenvalue weighted by Crippen LogP contribution is 2.25. The number of amides is 1. The number of sulfonamides is 1. The highest BCUT2D eigenvalue weighted by molar-refractivity contribution is 7.89. The van der Waals surface area contributed by atoms with Crippen molar-refractivity contribution in [1.82, 2.24) is 4.72 Å². The molecule has 0 saturated carbocycles. The summed E-state index contributed by atoms with van der Waals surface area (Å²) in [6.45, 7) is 5.28. The zero-order valence-electron chi connectivity index (χ0n) is 14.4. The Hall–Kier alpha value is -1.89. The van der Waals surface area contributed by atoms with Crippen molar-refractivity contribution in [1.29, 1.82) is 0 Å². The molecular formula is C18H21ClN2O3S. The fourth-order valence-corrected chi connectivity index (χ4v) is 4.07. The fraction of sp³-hybridized carbons (Fsp3) is 0.278. The van der Waals surface area contributed by atoms with Gasteiger partial charge in [0.2, 0.25) is 15.9 Å². The third-order valence-electron chi connectivity index (χ3n) is 3.78. The molecule has 0 aliphatic heterocycles. The SMILES string of the molecule is CC(=O)N(CCNS(=O)(=O)c1cc(C)ccc1C)c1ccccc1Cl. The van der Waals surface area contributed by atoms with E-state index in [1.807, 2.05) is 13.0 Å². The van der Waals surface area contributed by atoms with Gasteiger partial charge in [-0.25, -0.2) is 13.1 Å². The molecule has 1 amide bonds. The van der Waals surface area contributed by atoms with Gasteiger partial charge in [0.1, 0.15) is 0 Å². The van der Waals surface area contributed by atoms with Crippen molar-refractivity contribution in [2.75, 3.05) is 18.0 Å². The third kappa shape index (κ3) is 4.81. The van der Waals surface area contributed by atoms with Gasteiger partial charge in [0, 0.05) is 20.0 Å². The van der Waals surface area contributed by atoms with Crippen molar-refractivity contribution >= 4 is 33.2 Å². The number of nitrogens with one attached hydrogen (secondary N) is 1. The molecule has 0 fully saturated rings. The summed E-state index contributed by atoms with van der Waals surface area (Å²) >= 11 is 6.13. The lowest BCUT2D eigenvalue weighted by molar-refractivity contribution is -0.116. The Morgan fingerprint density at radius 3 is 2.48 bits per heavy atom. The Kier molecular flexibility index (Phi) is 6.21. The van der Waals surface area contributed by atoms with E-state index >= 15 is 0 Å². The van der Waals surface area contributed by atoms with Crippen molar-refractivity contribution in [3.63, 3.8) is 0 Å². The molecule has 0 bridgehead atoms. The zero-order chi connectivity index (χ0) is 18.6. The van der Waals surface area contributed by atoms with Crippen LogP contribution in [-0.4, -0.2) is 27.4 Å². The average molecular weight is 381 g/mol. The number of benzene rings is 2. The minimum atomic E-state index is -3.65. The average Bonchev–Trinajstić information content (AvgIpc) is 2.54. The van der Waals surface area contributed by atoms with Crippen molar-refractivity contribution < 1.29 is 13.2 Å². The van der Waals surface area contributed by atoms with Gasteiger partial charge in [0.25, 0.3) is 0 Å². The molecule has 2 aromatic rings. The van der Waals surface area contributed by atoms with E-state index in [9.17, 15) is 13.2 Å². The Morgan fingerprint density at radius 2 is 1.84 bits per heavy atom. The molecular weight excluding hydrogens is 360 g/mol. The Bertz CT molecular complexity index is 882. The number of para-hydroxylation sites is 1. The van der Waals surface area contributed by atoms with Gasteiger partial charge >= 0.3 is 0 Å². The van der Waals surface area contributed by atoms with Crippen LogP contribution in [0.1, 0.15) is 18.1 Å². The standard InChI is InChI=1S/C18H21ClN2O3S/c1-13-8-9-14(2)18(12-13)25(23,24)20-10-11-21(15(3)22)17-7-5-4-6-16(17)19/h4-9,12,20H,10-11H2,1-3H3. The molecule has 0 saturated heterocycles. The van der Waals surface area contributed by atoms with Crippen LogP contribution in [0.15, 0.2) is 47.4 Å². The Morgan fingerprint density at radius 1 is 1.16 bits per heavy atom. The second-order valence-corrected chi connectivity index (χ2v) is 7.93. The quantitative estimate of drug-likeness (QED) is 0.836. The van der Waals surface area contributed by atoms with Gasteiger partial charge < -0.3 is 4.90 Å². The normalized spacial score (nSPS) is 11.4. The van der Waals surface area contributed by atoms with Gasteiger partial charge in [-0.2, -0.15) is 0 Å². The second kappa shape index (κ2) is 7.99. The summed E-state index contributed by atoms with van der Waals surface area (Å²) < 4.78 is 27.6. The van der Waals surface area contributed by atoms with E-state index < -0.39 is 10.0 Å². The number of anilines is 1. The van der Waals surface area contributed by atoms with E-state index in [2.05, 4.69) is 4.72 Å². The van der Waals surface area contributed by atoms with E-state index in [0.29, 0.717) is 16.3 Å². The maximum atomic E-state index is 12.5. The molecule has 0 radical (unpaired) electrons.